The van der Waals surface area contributed by atoms with Gasteiger partial charge in [0.2, 0.25) is 0 Å². The number of hydrogen-bond donors (Lipinski definition) is 1. The number of fused-ring (bicyclic) bond motifs is 1. The molecule has 110 valence electrons. The summed E-state index contributed by atoms with van der Waals surface area (Å²) in [5, 5.41) is 11.3. The minimum Gasteiger partial charge on any atom is -0.480 e. The summed E-state index contributed by atoms with van der Waals surface area (Å²) in [5.41, 5.74) is 1.08. The number of hydrogen-bond acceptors (Lipinski definition) is 2. The van der Waals surface area contributed by atoms with Gasteiger partial charge in [-0.3, -0.25) is 4.79 Å². The molecule has 0 aliphatic carbocycles. The van der Waals surface area contributed by atoms with Crippen molar-refractivity contribution >= 4 is 28.5 Å². The van der Waals surface area contributed by atoms with Crippen molar-refractivity contribution in [2.24, 2.45) is 0 Å². The molecule has 0 heterocycles. The summed E-state index contributed by atoms with van der Waals surface area (Å²) < 4.78 is 0. The summed E-state index contributed by atoms with van der Waals surface area (Å²) in [6.07, 6.45) is 0.510. The predicted molar refractivity (Wildman–Crippen MR) is 91.4 cm³/mol. The highest BCUT2D eigenvalue weighted by Crippen LogP contribution is 2.28. The van der Waals surface area contributed by atoms with Gasteiger partial charge in [0.15, 0.2) is 0 Å². The van der Waals surface area contributed by atoms with E-state index in [-0.39, 0.29) is 0 Å². The van der Waals surface area contributed by atoms with Gasteiger partial charge in [0.25, 0.3) is 0 Å². The van der Waals surface area contributed by atoms with Crippen LogP contribution in [0.3, 0.4) is 0 Å². The molecule has 22 heavy (non-hydrogen) atoms. The van der Waals surface area contributed by atoms with Crippen molar-refractivity contribution in [3.63, 3.8) is 0 Å². The third-order valence-electron chi connectivity index (χ3n) is 3.58. The molecule has 0 aliphatic heterocycles. The van der Waals surface area contributed by atoms with Crippen molar-refractivity contribution < 1.29 is 9.90 Å². The minimum absolute atomic E-state index is 0.492. The molecule has 1 atom stereocenters. The van der Waals surface area contributed by atoms with Gasteiger partial charge in [-0.15, -0.1) is 11.8 Å². The highest BCUT2D eigenvalue weighted by atomic mass is 32.2. The van der Waals surface area contributed by atoms with E-state index in [1.165, 1.54) is 11.8 Å². The summed E-state index contributed by atoms with van der Waals surface area (Å²) in [6.45, 7) is 0. The molecule has 0 bridgehead atoms. The molecule has 2 nitrogen and oxygen atoms in total. The number of carboxylic acids is 1. The Hall–Kier alpha value is -2.26. The quantitative estimate of drug-likeness (QED) is 0.698. The molecular formula is C19H16O2S. The van der Waals surface area contributed by atoms with E-state index in [0.717, 1.165) is 21.2 Å². The molecule has 0 aromatic heterocycles. The fourth-order valence-corrected chi connectivity index (χ4v) is 3.52. The Kier molecular flexibility index (Phi) is 4.45. The smallest absolute Gasteiger partial charge is 0.317 e. The van der Waals surface area contributed by atoms with E-state index in [0.29, 0.717) is 6.42 Å². The Morgan fingerprint density at radius 2 is 1.59 bits per heavy atom. The van der Waals surface area contributed by atoms with E-state index in [1.54, 1.807) is 0 Å². The predicted octanol–water partition coefficient (Wildman–Crippen LogP) is 4.63. The van der Waals surface area contributed by atoms with Crippen LogP contribution >= 0.6 is 11.8 Å². The van der Waals surface area contributed by atoms with Crippen LogP contribution in [0.15, 0.2) is 77.7 Å². The Labute approximate surface area is 133 Å². The SMILES string of the molecule is O=C(O)[C@@H](Cc1cccc2ccccc12)Sc1ccccc1. The van der Waals surface area contributed by atoms with Gasteiger partial charge >= 0.3 is 5.97 Å². The second-order valence-electron chi connectivity index (χ2n) is 5.10. The van der Waals surface area contributed by atoms with Crippen LogP contribution < -0.4 is 0 Å². The van der Waals surface area contributed by atoms with Gasteiger partial charge in [0, 0.05) is 4.90 Å². The van der Waals surface area contributed by atoms with Crippen molar-refractivity contribution in [2.45, 2.75) is 16.6 Å². The van der Waals surface area contributed by atoms with Crippen LogP contribution in [0.2, 0.25) is 0 Å². The Balaban J connectivity index is 1.88. The van der Waals surface area contributed by atoms with Crippen LogP contribution in [0.4, 0.5) is 0 Å². The van der Waals surface area contributed by atoms with E-state index in [4.69, 9.17) is 0 Å². The molecule has 3 rings (SSSR count). The Bertz CT molecular complexity index is 778. The average Bonchev–Trinajstić information content (AvgIpc) is 2.55. The van der Waals surface area contributed by atoms with E-state index in [2.05, 4.69) is 18.2 Å². The second kappa shape index (κ2) is 6.67. The lowest BCUT2D eigenvalue weighted by Crippen LogP contribution is -2.19. The van der Waals surface area contributed by atoms with E-state index < -0.39 is 11.2 Å². The lowest BCUT2D eigenvalue weighted by Gasteiger charge is -2.14. The summed E-state index contributed by atoms with van der Waals surface area (Å²) in [4.78, 5) is 12.6. The number of rotatable bonds is 5. The first-order valence-corrected chi connectivity index (χ1v) is 8.03. The topological polar surface area (TPSA) is 37.3 Å². The fourth-order valence-electron chi connectivity index (χ4n) is 2.51. The van der Waals surface area contributed by atoms with Gasteiger partial charge < -0.3 is 5.11 Å². The van der Waals surface area contributed by atoms with E-state index >= 15 is 0 Å². The number of benzene rings is 3. The van der Waals surface area contributed by atoms with Crippen LogP contribution in [0, 0.1) is 0 Å². The molecule has 0 saturated carbocycles. The maximum Gasteiger partial charge on any atom is 0.317 e. The lowest BCUT2D eigenvalue weighted by molar-refractivity contribution is -0.136. The standard InChI is InChI=1S/C19H16O2S/c20-19(21)18(22-16-10-2-1-3-11-16)13-15-9-6-8-14-7-4-5-12-17(14)15/h1-12,18H,13H2,(H,20,21)/t18-/m1/s1. The molecule has 3 aromatic carbocycles. The summed E-state index contributed by atoms with van der Waals surface area (Å²) in [6, 6.07) is 23.9. The maximum atomic E-state index is 11.6. The van der Waals surface area contributed by atoms with Gasteiger partial charge in [0.05, 0.1) is 0 Å². The number of carbonyl (C=O) groups is 1. The van der Waals surface area contributed by atoms with E-state index in [1.807, 2.05) is 54.6 Å². The van der Waals surface area contributed by atoms with Crippen molar-refractivity contribution in [3.8, 4) is 0 Å². The first kappa shape index (κ1) is 14.7. The lowest BCUT2D eigenvalue weighted by atomic mass is 10.0. The highest BCUT2D eigenvalue weighted by Gasteiger charge is 2.20. The fraction of sp³-hybridized carbons (Fsp3) is 0.105. The summed E-state index contributed by atoms with van der Waals surface area (Å²) >= 11 is 1.40. The van der Waals surface area contributed by atoms with Crippen LogP contribution in [-0.2, 0) is 11.2 Å². The zero-order valence-electron chi connectivity index (χ0n) is 12.0. The van der Waals surface area contributed by atoms with Crippen molar-refractivity contribution in [1.29, 1.82) is 0 Å². The van der Waals surface area contributed by atoms with Crippen LogP contribution in [-0.4, -0.2) is 16.3 Å². The zero-order chi connectivity index (χ0) is 15.4. The summed E-state index contributed by atoms with van der Waals surface area (Å²) in [7, 11) is 0. The third kappa shape index (κ3) is 3.31. The molecule has 0 saturated heterocycles. The normalized spacial score (nSPS) is 12.2. The van der Waals surface area contributed by atoms with Crippen LogP contribution in [0.25, 0.3) is 10.8 Å². The Morgan fingerprint density at radius 1 is 0.909 bits per heavy atom. The number of aliphatic carboxylic acids is 1. The Morgan fingerprint density at radius 3 is 2.36 bits per heavy atom. The molecule has 0 radical (unpaired) electrons. The molecule has 3 heteroatoms. The van der Waals surface area contributed by atoms with Gasteiger partial charge in [-0.05, 0) is 34.9 Å². The van der Waals surface area contributed by atoms with Crippen molar-refractivity contribution in [1.82, 2.24) is 0 Å². The number of thioether (sulfide) groups is 1. The monoisotopic (exact) mass is 308 g/mol. The largest absolute Gasteiger partial charge is 0.480 e. The van der Waals surface area contributed by atoms with Gasteiger partial charge in [-0.1, -0.05) is 60.7 Å². The van der Waals surface area contributed by atoms with Gasteiger partial charge in [0.1, 0.15) is 5.25 Å². The van der Waals surface area contributed by atoms with Crippen LogP contribution in [0.5, 0.6) is 0 Å². The molecule has 0 aliphatic rings. The second-order valence-corrected chi connectivity index (χ2v) is 6.38. The molecule has 1 N–H and O–H groups in total. The minimum atomic E-state index is -0.776. The van der Waals surface area contributed by atoms with Gasteiger partial charge in [-0.2, -0.15) is 0 Å². The molecule has 0 fully saturated rings. The summed E-state index contributed by atoms with van der Waals surface area (Å²) in [5.74, 6) is -0.776. The number of carboxylic acid groups (broad SMARTS) is 1. The molecule has 0 spiro atoms. The van der Waals surface area contributed by atoms with Crippen LogP contribution in [0.1, 0.15) is 5.56 Å². The maximum absolute atomic E-state index is 11.6. The van der Waals surface area contributed by atoms with Gasteiger partial charge in [-0.25, -0.2) is 0 Å². The van der Waals surface area contributed by atoms with Crippen molar-refractivity contribution in [2.75, 3.05) is 0 Å². The van der Waals surface area contributed by atoms with Crippen molar-refractivity contribution in [3.05, 3.63) is 78.4 Å². The average molecular weight is 308 g/mol. The third-order valence-corrected chi connectivity index (χ3v) is 4.78. The molecule has 0 unspecified atom stereocenters. The highest BCUT2D eigenvalue weighted by molar-refractivity contribution is 8.00. The first-order chi connectivity index (χ1) is 10.7. The first-order valence-electron chi connectivity index (χ1n) is 7.15. The molecular weight excluding hydrogens is 292 g/mol. The zero-order valence-corrected chi connectivity index (χ0v) is 12.8. The molecule has 3 aromatic rings. The molecule has 0 amide bonds. The van der Waals surface area contributed by atoms with E-state index in [9.17, 15) is 9.90 Å².